The summed E-state index contributed by atoms with van der Waals surface area (Å²) >= 11 is 0. The van der Waals surface area contributed by atoms with E-state index in [1.807, 2.05) is 27.7 Å². The molecule has 3 heterocycles. The third-order valence-corrected chi connectivity index (χ3v) is 18.3. The molecule has 11 atom stereocenters. The molecule has 2 aromatic rings. The van der Waals surface area contributed by atoms with Gasteiger partial charge in [0.1, 0.15) is 60.4 Å². The van der Waals surface area contributed by atoms with Crippen LogP contribution in [0.4, 0.5) is 0 Å². The van der Waals surface area contributed by atoms with Gasteiger partial charge < -0.3 is 65.6 Å². The Morgan fingerprint density at radius 3 is 1.51 bits per heavy atom. The van der Waals surface area contributed by atoms with Crippen molar-refractivity contribution in [1.82, 2.24) is 60.5 Å². The van der Waals surface area contributed by atoms with Crippen LogP contribution in [0.3, 0.4) is 0 Å². The van der Waals surface area contributed by atoms with Crippen molar-refractivity contribution >= 4 is 70.9 Å². The first-order valence-electron chi connectivity index (χ1n) is 33.3. The van der Waals surface area contributed by atoms with E-state index in [9.17, 15) is 48.3 Å². The van der Waals surface area contributed by atoms with E-state index < -0.39 is 162 Å². The summed E-state index contributed by atoms with van der Waals surface area (Å²) in [6.07, 6.45) is 0.892. The molecule has 2 aromatic carbocycles. The Morgan fingerprint density at radius 1 is 0.500 bits per heavy atom. The lowest BCUT2D eigenvalue weighted by molar-refractivity contribution is -0.154. The first kappa shape index (κ1) is 76.7. The molecule has 0 unspecified atom stereocenters. The molecule has 0 saturated carbocycles. The van der Waals surface area contributed by atoms with Crippen LogP contribution in [0.1, 0.15) is 132 Å². The number of hydrogen-bond acceptors (Lipinski definition) is 13. The fourth-order valence-corrected chi connectivity index (χ4v) is 12.8. The minimum Gasteiger partial charge on any atom is -0.391 e. The molecule has 3 saturated heterocycles. The Labute approximate surface area is 555 Å². The van der Waals surface area contributed by atoms with Crippen LogP contribution >= 0.6 is 0 Å². The van der Waals surface area contributed by atoms with Crippen molar-refractivity contribution in [1.29, 1.82) is 0 Å². The lowest BCUT2D eigenvalue weighted by Crippen LogP contribution is -2.62. The minimum absolute atomic E-state index is 0.0110. The van der Waals surface area contributed by atoms with E-state index in [0.29, 0.717) is 43.5 Å². The number of likely N-dealkylation sites (tertiary alicyclic amines) is 1. The topological polar surface area (TPSA) is 299 Å². The number of amides is 12. The van der Waals surface area contributed by atoms with Crippen LogP contribution in [0.15, 0.2) is 60.7 Å². The van der Waals surface area contributed by atoms with Crippen LogP contribution in [0.5, 0.6) is 0 Å². The molecule has 520 valence electrons. The molecule has 0 spiro atoms. The van der Waals surface area contributed by atoms with Crippen LogP contribution in [0, 0.1) is 23.7 Å². The first-order valence-corrected chi connectivity index (χ1v) is 33.3. The number of fused-ring (bicyclic) bond motifs is 1. The van der Waals surface area contributed by atoms with E-state index in [1.54, 1.807) is 93.3 Å². The van der Waals surface area contributed by atoms with Crippen molar-refractivity contribution in [3.05, 3.63) is 71.8 Å². The summed E-state index contributed by atoms with van der Waals surface area (Å²) < 4.78 is 0. The summed E-state index contributed by atoms with van der Waals surface area (Å²) in [5.41, 5.74) is 1.35. The van der Waals surface area contributed by atoms with Gasteiger partial charge in [0.2, 0.25) is 70.9 Å². The van der Waals surface area contributed by atoms with Gasteiger partial charge in [-0.05, 0) is 93.6 Å². The molecule has 25 heteroatoms. The molecule has 25 nitrogen and oxygen atoms in total. The van der Waals surface area contributed by atoms with E-state index >= 15 is 14.4 Å². The second kappa shape index (κ2) is 35.0. The minimum atomic E-state index is -1.66. The fraction of sp³-hybridized carbons (Fsp3) is 0.652. The predicted molar refractivity (Wildman–Crippen MR) is 354 cm³/mol. The molecule has 0 radical (unpaired) electrons. The highest BCUT2D eigenvalue weighted by Gasteiger charge is 2.46. The van der Waals surface area contributed by atoms with Crippen LogP contribution in [0.25, 0.3) is 0 Å². The highest BCUT2D eigenvalue weighted by Crippen LogP contribution is 2.26. The van der Waals surface area contributed by atoms with Crippen LogP contribution in [-0.2, 0) is 70.4 Å². The molecule has 0 aliphatic carbocycles. The van der Waals surface area contributed by atoms with Crippen molar-refractivity contribution in [2.75, 3.05) is 68.5 Å². The van der Waals surface area contributed by atoms with Crippen molar-refractivity contribution in [3.63, 3.8) is 0 Å². The number of aliphatic hydroxyl groups excluding tert-OH is 1. The van der Waals surface area contributed by atoms with Gasteiger partial charge in [-0.3, -0.25) is 57.5 Å². The van der Waals surface area contributed by atoms with E-state index in [2.05, 4.69) is 21.3 Å². The third kappa shape index (κ3) is 20.0. The van der Waals surface area contributed by atoms with Crippen LogP contribution < -0.4 is 21.3 Å². The van der Waals surface area contributed by atoms with Crippen LogP contribution in [0.2, 0.25) is 0 Å². The predicted octanol–water partition coefficient (Wildman–Crippen LogP) is 2.22. The molecule has 5 rings (SSSR count). The number of piperidine rings is 1. The normalized spacial score (nSPS) is 26.5. The maximum absolute atomic E-state index is 15.4. The zero-order valence-electron chi connectivity index (χ0n) is 58.3. The number of aliphatic hydroxyl groups is 1. The standard InChI is InChI=1S/C69H106N12O13/c1-41(2)35-52-66(91)76(13)51(37-47-27-20-17-21-28-47)60(85)70-45(9)63(88)81-34-26-31-50(81)65(90)77(14)53(36-42(3)4)67(92)78(15)54(38-48-29-22-18-23-30-48)68(93)79(16)59(44(7)8)62(87)71-49(64(89)80-32-24-19-25-33-80)39-55(83)72-57(43(5)6)61(86)73-58(46(10)82)69(94)74(11)40-56(84)75(52)12/h17-18,20-23,27-30,41-46,49-54,57-59,82H,19,24-26,31-40H2,1-16H3,(H,70,85)(H,71,87)(H,72,83)(H,73,86)/t45-,46+,49-,50-,51-,52-,53-,54-,57+,58-,59-/m0/s1. The van der Waals surface area contributed by atoms with Gasteiger partial charge in [-0.1, -0.05) is 116 Å². The Morgan fingerprint density at radius 2 is 1.00 bits per heavy atom. The van der Waals surface area contributed by atoms with Gasteiger partial charge in [0.15, 0.2) is 0 Å². The monoisotopic (exact) mass is 1310 g/mol. The zero-order chi connectivity index (χ0) is 70.2. The fourth-order valence-electron chi connectivity index (χ4n) is 12.8. The van der Waals surface area contributed by atoms with Crippen molar-refractivity contribution in [2.24, 2.45) is 23.7 Å². The Kier molecular flexibility index (Phi) is 28.6. The van der Waals surface area contributed by atoms with Crippen molar-refractivity contribution in [3.8, 4) is 0 Å². The van der Waals surface area contributed by atoms with E-state index in [4.69, 9.17) is 0 Å². The van der Waals surface area contributed by atoms with Gasteiger partial charge in [0, 0.05) is 74.8 Å². The summed E-state index contributed by atoms with van der Waals surface area (Å²) in [5, 5.41) is 21.9. The van der Waals surface area contributed by atoms with Crippen molar-refractivity contribution in [2.45, 2.75) is 200 Å². The molecule has 5 N–H and O–H groups in total. The number of likely N-dealkylation sites (N-methyl/N-ethyl adjacent to an activating group) is 6. The van der Waals surface area contributed by atoms with Crippen LogP contribution in [-0.4, -0.2) is 250 Å². The molecule has 94 heavy (non-hydrogen) atoms. The number of carbonyl (C=O) groups excluding carboxylic acids is 12. The number of rotatable bonds is 12. The maximum atomic E-state index is 15.4. The summed E-state index contributed by atoms with van der Waals surface area (Å²) in [6, 6.07) is 4.92. The Balaban J connectivity index is 1.63. The molecular weight excluding hydrogens is 1200 g/mol. The van der Waals surface area contributed by atoms with E-state index in [0.717, 1.165) is 11.3 Å². The zero-order valence-corrected chi connectivity index (χ0v) is 58.3. The molecule has 0 bridgehead atoms. The molecule has 3 aliphatic rings. The SMILES string of the molecule is CC(C)C[C@H]1C(=O)N(C)[C@@H](Cc2ccccc2)C(=O)N[C@@H](C)C(=O)N2CCC[C@H]2C(=O)N(C)[C@@H](CC(C)C)C(=O)N(C)[C@@H](Cc2ccccc2)C(=O)N(C)[C@@H](C(C)C)C(=O)N[C@H](C(=O)N2CCCCC2)CC(=O)N[C@H](C(C)C)C(=O)N[C@@H]([C@@H](C)O)C(=O)N(C)CC(=O)N1C. The smallest absolute Gasteiger partial charge is 0.248 e. The number of nitrogens with zero attached hydrogens (tertiary/aromatic N) is 8. The second-order valence-electron chi connectivity index (χ2n) is 27.5. The largest absolute Gasteiger partial charge is 0.391 e. The average Bonchev–Trinajstić information content (AvgIpc) is 1.25. The van der Waals surface area contributed by atoms with Gasteiger partial charge in [-0.2, -0.15) is 0 Å². The third-order valence-electron chi connectivity index (χ3n) is 18.3. The van der Waals surface area contributed by atoms with E-state index in [-0.39, 0.29) is 50.5 Å². The molecule has 3 aliphatic heterocycles. The summed E-state index contributed by atoms with van der Waals surface area (Å²) in [6.45, 7) is 17.1. The molecule has 0 aromatic heterocycles. The molecular formula is C69H106N12O13. The average molecular weight is 1310 g/mol. The van der Waals surface area contributed by atoms with Gasteiger partial charge in [-0.15, -0.1) is 0 Å². The summed E-state index contributed by atoms with van der Waals surface area (Å²) in [7, 11) is 8.51. The first-order chi connectivity index (χ1) is 44.2. The van der Waals surface area contributed by atoms with Gasteiger partial charge in [0.05, 0.1) is 19.1 Å². The summed E-state index contributed by atoms with van der Waals surface area (Å²) in [4.78, 5) is 188. The number of hydrogen-bond donors (Lipinski definition) is 5. The maximum Gasteiger partial charge on any atom is 0.248 e. The Hall–Kier alpha value is -7.96. The number of nitrogens with one attached hydrogen (secondary N) is 4. The quantitative estimate of drug-likeness (QED) is 0.204. The van der Waals surface area contributed by atoms with Crippen molar-refractivity contribution < 1.29 is 62.6 Å². The van der Waals surface area contributed by atoms with E-state index in [1.165, 1.54) is 85.5 Å². The molecule has 12 amide bonds. The highest BCUT2D eigenvalue weighted by molar-refractivity contribution is 6.00. The highest BCUT2D eigenvalue weighted by atomic mass is 16.3. The number of carbonyl (C=O) groups is 12. The van der Waals surface area contributed by atoms with Gasteiger partial charge in [0.25, 0.3) is 0 Å². The lowest BCUT2D eigenvalue weighted by atomic mass is 9.96. The van der Waals surface area contributed by atoms with Gasteiger partial charge in [-0.25, -0.2) is 0 Å². The Bertz CT molecular complexity index is 2980. The molecule has 3 fully saturated rings. The lowest BCUT2D eigenvalue weighted by Gasteiger charge is -2.40. The second-order valence-corrected chi connectivity index (χ2v) is 27.5. The summed E-state index contributed by atoms with van der Waals surface area (Å²) in [5.74, 6) is -9.97. The number of benzene rings is 2. The van der Waals surface area contributed by atoms with Gasteiger partial charge >= 0.3 is 0 Å².